The summed E-state index contributed by atoms with van der Waals surface area (Å²) in [6, 6.07) is 0.377. The fraction of sp³-hybridized carbons (Fsp3) is 0.800. The molecule has 1 rings (SSSR count). The van der Waals surface area contributed by atoms with E-state index < -0.39 is 0 Å². The average molecular weight is 267 g/mol. The molecular weight excluding hydrogens is 238 g/mol. The van der Waals surface area contributed by atoms with Gasteiger partial charge in [-0.1, -0.05) is 13.8 Å². The first-order chi connectivity index (χ1) is 9.05. The molecule has 1 aromatic rings. The van der Waals surface area contributed by atoms with Crippen LogP contribution in [0.2, 0.25) is 0 Å². The number of likely N-dealkylation sites (N-methyl/N-ethyl adjacent to an activating group) is 1. The van der Waals surface area contributed by atoms with E-state index in [1.165, 1.54) is 5.56 Å². The predicted molar refractivity (Wildman–Crippen MR) is 79.3 cm³/mol. The van der Waals surface area contributed by atoms with Gasteiger partial charge in [-0.2, -0.15) is 5.10 Å². The van der Waals surface area contributed by atoms with Crippen molar-refractivity contribution in [2.24, 2.45) is 7.05 Å². The minimum Gasteiger partial charge on any atom is -0.374 e. The van der Waals surface area contributed by atoms with Gasteiger partial charge in [-0.05, 0) is 45.2 Å². The highest BCUT2D eigenvalue weighted by Crippen LogP contribution is 2.23. The van der Waals surface area contributed by atoms with Crippen LogP contribution >= 0.6 is 0 Å². The SMILES string of the molecule is CCNC(CCc1cnn(C)c1)C(C)(CC)OCC. The summed E-state index contributed by atoms with van der Waals surface area (Å²) in [5.41, 5.74) is 1.20. The zero-order chi connectivity index (χ0) is 14.3. The fourth-order valence-corrected chi connectivity index (χ4v) is 2.56. The Kier molecular flexibility index (Phi) is 6.52. The molecule has 4 heteroatoms. The highest BCUT2D eigenvalue weighted by molar-refractivity contribution is 5.05. The summed E-state index contributed by atoms with van der Waals surface area (Å²) in [5, 5.41) is 7.81. The highest BCUT2D eigenvalue weighted by atomic mass is 16.5. The third-order valence-corrected chi connectivity index (χ3v) is 3.84. The minimum absolute atomic E-state index is 0.0903. The molecule has 110 valence electrons. The lowest BCUT2D eigenvalue weighted by Crippen LogP contribution is -2.50. The lowest BCUT2D eigenvalue weighted by Gasteiger charge is -2.37. The predicted octanol–water partition coefficient (Wildman–Crippen LogP) is 2.54. The van der Waals surface area contributed by atoms with Crippen LogP contribution in [0, 0.1) is 0 Å². The number of hydrogen-bond donors (Lipinski definition) is 1. The van der Waals surface area contributed by atoms with Crippen LogP contribution in [-0.2, 0) is 18.2 Å². The van der Waals surface area contributed by atoms with Gasteiger partial charge in [-0.25, -0.2) is 0 Å². The molecule has 0 saturated carbocycles. The first-order valence-electron chi connectivity index (χ1n) is 7.40. The monoisotopic (exact) mass is 267 g/mol. The van der Waals surface area contributed by atoms with Gasteiger partial charge in [0.2, 0.25) is 0 Å². The molecule has 0 fully saturated rings. The average Bonchev–Trinajstić information content (AvgIpc) is 2.80. The Labute approximate surface area is 117 Å². The third kappa shape index (κ3) is 4.62. The van der Waals surface area contributed by atoms with Crippen molar-refractivity contribution in [1.82, 2.24) is 15.1 Å². The molecule has 0 aromatic carbocycles. The van der Waals surface area contributed by atoms with Gasteiger partial charge in [-0.3, -0.25) is 4.68 Å². The van der Waals surface area contributed by atoms with Crippen LogP contribution < -0.4 is 5.32 Å². The van der Waals surface area contributed by atoms with Crippen LogP contribution in [0.3, 0.4) is 0 Å². The van der Waals surface area contributed by atoms with Crippen molar-refractivity contribution in [2.45, 2.75) is 58.6 Å². The van der Waals surface area contributed by atoms with E-state index >= 15 is 0 Å². The summed E-state index contributed by atoms with van der Waals surface area (Å²) in [6.45, 7) is 10.4. The molecule has 0 amide bonds. The maximum atomic E-state index is 6.00. The Morgan fingerprint density at radius 2 is 2.16 bits per heavy atom. The van der Waals surface area contributed by atoms with Crippen molar-refractivity contribution in [3.05, 3.63) is 18.0 Å². The van der Waals surface area contributed by atoms with Crippen LogP contribution in [-0.4, -0.2) is 34.6 Å². The standard InChI is InChI=1S/C15H29N3O/c1-6-15(4,19-8-3)14(16-7-2)10-9-13-11-17-18(5)12-13/h11-12,14,16H,6-10H2,1-5H3. The number of ether oxygens (including phenoxy) is 1. The number of nitrogens with one attached hydrogen (secondary N) is 1. The van der Waals surface area contributed by atoms with Gasteiger partial charge >= 0.3 is 0 Å². The van der Waals surface area contributed by atoms with E-state index in [-0.39, 0.29) is 5.60 Å². The first kappa shape index (κ1) is 16.2. The Bertz CT molecular complexity index is 364. The molecule has 0 saturated heterocycles. The number of aryl methyl sites for hydroxylation is 2. The number of nitrogens with zero attached hydrogens (tertiary/aromatic N) is 2. The van der Waals surface area contributed by atoms with Crippen LogP contribution in [0.4, 0.5) is 0 Å². The van der Waals surface area contributed by atoms with Crippen molar-refractivity contribution in [2.75, 3.05) is 13.2 Å². The zero-order valence-corrected chi connectivity index (χ0v) is 13.1. The van der Waals surface area contributed by atoms with Gasteiger partial charge in [0.1, 0.15) is 0 Å². The van der Waals surface area contributed by atoms with E-state index in [1.807, 2.05) is 17.9 Å². The molecule has 0 radical (unpaired) electrons. The van der Waals surface area contributed by atoms with Crippen LogP contribution in [0.5, 0.6) is 0 Å². The summed E-state index contributed by atoms with van der Waals surface area (Å²) >= 11 is 0. The molecule has 0 spiro atoms. The van der Waals surface area contributed by atoms with Crippen molar-refractivity contribution >= 4 is 0 Å². The summed E-state index contributed by atoms with van der Waals surface area (Å²) in [7, 11) is 1.96. The van der Waals surface area contributed by atoms with E-state index in [1.54, 1.807) is 0 Å². The second-order valence-electron chi connectivity index (χ2n) is 5.27. The minimum atomic E-state index is -0.0903. The molecule has 4 nitrogen and oxygen atoms in total. The molecule has 19 heavy (non-hydrogen) atoms. The Morgan fingerprint density at radius 3 is 2.63 bits per heavy atom. The van der Waals surface area contributed by atoms with Crippen LogP contribution in [0.1, 0.15) is 46.1 Å². The summed E-state index contributed by atoms with van der Waals surface area (Å²) in [4.78, 5) is 0. The smallest absolute Gasteiger partial charge is 0.0804 e. The quantitative estimate of drug-likeness (QED) is 0.747. The van der Waals surface area contributed by atoms with E-state index in [2.05, 4.69) is 44.3 Å². The van der Waals surface area contributed by atoms with Gasteiger partial charge in [0.05, 0.1) is 11.8 Å². The Hall–Kier alpha value is -0.870. The Balaban J connectivity index is 2.65. The largest absolute Gasteiger partial charge is 0.374 e. The molecule has 0 aliphatic heterocycles. The molecule has 0 aliphatic rings. The Morgan fingerprint density at radius 1 is 1.42 bits per heavy atom. The highest BCUT2D eigenvalue weighted by Gasteiger charge is 2.32. The summed E-state index contributed by atoms with van der Waals surface area (Å²) < 4.78 is 7.86. The molecule has 0 aliphatic carbocycles. The van der Waals surface area contributed by atoms with E-state index in [4.69, 9.17) is 4.74 Å². The fourth-order valence-electron chi connectivity index (χ4n) is 2.56. The second kappa shape index (κ2) is 7.65. The van der Waals surface area contributed by atoms with Gasteiger partial charge < -0.3 is 10.1 Å². The molecule has 2 unspecified atom stereocenters. The molecule has 2 atom stereocenters. The molecule has 1 N–H and O–H groups in total. The molecule has 1 aromatic heterocycles. The molecule has 0 bridgehead atoms. The number of aromatic nitrogens is 2. The van der Waals surface area contributed by atoms with E-state index in [0.717, 1.165) is 32.4 Å². The maximum absolute atomic E-state index is 6.00. The van der Waals surface area contributed by atoms with Crippen molar-refractivity contribution in [3.8, 4) is 0 Å². The molecular formula is C15H29N3O. The van der Waals surface area contributed by atoms with E-state index in [0.29, 0.717) is 6.04 Å². The maximum Gasteiger partial charge on any atom is 0.0804 e. The lowest BCUT2D eigenvalue weighted by molar-refractivity contribution is -0.0565. The zero-order valence-electron chi connectivity index (χ0n) is 13.1. The first-order valence-corrected chi connectivity index (χ1v) is 7.40. The van der Waals surface area contributed by atoms with Crippen LogP contribution in [0.25, 0.3) is 0 Å². The van der Waals surface area contributed by atoms with Crippen molar-refractivity contribution in [3.63, 3.8) is 0 Å². The van der Waals surface area contributed by atoms with Crippen LogP contribution in [0.15, 0.2) is 12.4 Å². The molecule has 1 heterocycles. The van der Waals surface area contributed by atoms with Crippen molar-refractivity contribution < 1.29 is 4.74 Å². The summed E-state index contributed by atoms with van der Waals surface area (Å²) in [6.07, 6.45) is 7.17. The van der Waals surface area contributed by atoms with Gasteiger partial charge in [-0.15, -0.1) is 0 Å². The lowest BCUT2D eigenvalue weighted by atomic mass is 9.88. The third-order valence-electron chi connectivity index (χ3n) is 3.84. The topological polar surface area (TPSA) is 39.1 Å². The van der Waals surface area contributed by atoms with Gasteiger partial charge in [0, 0.05) is 25.9 Å². The van der Waals surface area contributed by atoms with Crippen molar-refractivity contribution in [1.29, 1.82) is 0 Å². The summed E-state index contributed by atoms with van der Waals surface area (Å²) in [5.74, 6) is 0. The number of rotatable bonds is 9. The van der Waals surface area contributed by atoms with E-state index in [9.17, 15) is 0 Å². The number of hydrogen-bond acceptors (Lipinski definition) is 3. The van der Waals surface area contributed by atoms with Gasteiger partial charge in [0.25, 0.3) is 0 Å². The van der Waals surface area contributed by atoms with Gasteiger partial charge in [0.15, 0.2) is 0 Å². The normalized spacial score (nSPS) is 16.3. The second-order valence-corrected chi connectivity index (χ2v) is 5.27.